The van der Waals surface area contributed by atoms with E-state index in [-0.39, 0.29) is 53.0 Å². The largest absolute Gasteiger partial charge is 0.485 e. The van der Waals surface area contributed by atoms with Crippen molar-refractivity contribution in [2.45, 2.75) is 69.7 Å². The highest BCUT2D eigenvalue weighted by Gasteiger charge is 2.51. The number of nitrogens with zero attached hydrogens (tertiary/aromatic N) is 6. The molecule has 53 heavy (non-hydrogen) atoms. The lowest BCUT2D eigenvalue weighted by molar-refractivity contribution is -0.133. The van der Waals surface area contributed by atoms with Crippen LogP contribution in [0.3, 0.4) is 0 Å². The second-order valence-corrected chi connectivity index (χ2v) is 15.9. The average Bonchev–Trinajstić information content (AvgIpc) is 3.58. The third-order valence-electron chi connectivity index (χ3n) is 11.9. The molecule has 1 amide bonds. The zero-order valence-electron chi connectivity index (χ0n) is 29.0. The standard InChI is InChI=1S/C41H36Cl2FN7O2/c1-21-27-17-33(32-16-25(20-49(32)41(52)22-10-11-22)53-34-19-47-50-13-3-2-9-31(34)50)51(39-24-15-30(39)46-18-24)40(27)28-14-23(6-5-12-45)35(37(44)38(28)48-21)26-7-4-8-29(42)36(26)43/h2-4,7-9,13-14,17,19,22,24-25,30,32,39,46H,5-6,10-11,15-16,18,20H2,1H3/t24-,25+,30-,32-,39+/m1/s1. The number of benzene rings is 2. The molecule has 5 fully saturated rings. The second-order valence-electron chi connectivity index (χ2n) is 15.1. The molecule has 2 bridgehead atoms. The molecule has 7 heterocycles. The second kappa shape index (κ2) is 12.4. The van der Waals surface area contributed by atoms with Crippen LogP contribution in [0.4, 0.5) is 4.39 Å². The molecule has 9 nitrogen and oxygen atoms in total. The maximum absolute atomic E-state index is 17.2. The number of carbonyl (C=O) groups is 1. The number of hydrogen-bond donors (Lipinski definition) is 1. The minimum absolute atomic E-state index is 0.0327. The molecule has 5 aliphatic rings. The van der Waals surface area contributed by atoms with E-state index in [9.17, 15) is 10.1 Å². The topological polar surface area (TPSA) is 100 Å². The number of ether oxygens (including phenoxy) is 1. The lowest BCUT2D eigenvalue weighted by Crippen LogP contribution is -2.41. The minimum atomic E-state index is -0.484. The van der Waals surface area contributed by atoms with E-state index in [0.717, 1.165) is 47.9 Å². The Bertz CT molecular complexity index is 2520. The smallest absolute Gasteiger partial charge is 0.226 e. The Morgan fingerprint density at radius 3 is 2.77 bits per heavy atom. The number of likely N-dealkylation sites (tertiary alicyclic amines) is 1. The first-order valence-electron chi connectivity index (χ1n) is 18.4. The third-order valence-corrected chi connectivity index (χ3v) is 12.7. The van der Waals surface area contributed by atoms with Crippen LogP contribution in [-0.2, 0) is 11.2 Å². The summed E-state index contributed by atoms with van der Waals surface area (Å²) in [5.41, 5.74) is 5.24. The highest BCUT2D eigenvalue weighted by molar-refractivity contribution is 6.43. The van der Waals surface area contributed by atoms with E-state index in [4.69, 9.17) is 32.9 Å². The summed E-state index contributed by atoms with van der Waals surface area (Å²) in [4.78, 5) is 21.1. The van der Waals surface area contributed by atoms with Gasteiger partial charge in [0.05, 0.1) is 46.5 Å². The van der Waals surface area contributed by atoms with Gasteiger partial charge in [0.15, 0.2) is 11.6 Å². The monoisotopic (exact) mass is 747 g/mol. The molecule has 2 aromatic carbocycles. The number of aromatic nitrogens is 4. The van der Waals surface area contributed by atoms with E-state index in [1.165, 1.54) is 0 Å². The number of pyridine rings is 2. The fourth-order valence-electron chi connectivity index (χ4n) is 9.25. The van der Waals surface area contributed by atoms with Crippen molar-refractivity contribution < 1.29 is 13.9 Å². The Morgan fingerprint density at radius 1 is 1.13 bits per heavy atom. The molecular weight excluding hydrogens is 712 g/mol. The summed E-state index contributed by atoms with van der Waals surface area (Å²) in [5.74, 6) is 0.816. The fourth-order valence-corrected chi connectivity index (χ4v) is 9.65. The molecule has 0 radical (unpaired) electrons. The molecule has 268 valence electrons. The zero-order chi connectivity index (χ0) is 36.1. The van der Waals surface area contributed by atoms with Crippen molar-refractivity contribution in [2.24, 2.45) is 11.8 Å². The molecule has 11 rings (SSSR count). The summed E-state index contributed by atoms with van der Waals surface area (Å²) >= 11 is 13.1. The summed E-state index contributed by atoms with van der Waals surface area (Å²) in [6.07, 6.45) is 7.41. The van der Waals surface area contributed by atoms with Crippen molar-refractivity contribution in [3.05, 3.63) is 93.7 Å². The summed E-state index contributed by atoms with van der Waals surface area (Å²) in [6.45, 7) is 3.30. The van der Waals surface area contributed by atoms with Crippen LogP contribution in [0.5, 0.6) is 5.75 Å². The van der Waals surface area contributed by atoms with E-state index in [1.54, 1.807) is 28.9 Å². The van der Waals surface area contributed by atoms with Crippen LogP contribution >= 0.6 is 23.2 Å². The van der Waals surface area contributed by atoms with Crippen molar-refractivity contribution in [1.82, 2.24) is 29.4 Å². The van der Waals surface area contributed by atoms with Crippen LogP contribution in [0.1, 0.15) is 61.1 Å². The molecular formula is C41H36Cl2FN7O2. The van der Waals surface area contributed by atoms with Crippen molar-refractivity contribution in [3.8, 4) is 22.9 Å². The molecule has 2 aliphatic carbocycles. The zero-order valence-corrected chi connectivity index (χ0v) is 30.5. The van der Waals surface area contributed by atoms with Crippen LogP contribution in [0, 0.1) is 35.9 Å². The van der Waals surface area contributed by atoms with Crippen molar-refractivity contribution in [2.75, 3.05) is 13.1 Å². The van der Waals surface area contributed by atoms with Gasteiger partial charge in [-0.25, -0.2) is 13.9 Å². The normalized spacial score (nSPS) is 23.6. The maximum atomic E-state index is 17.2. The Balaban J connectivity index is 1.17. The summed E-state index contributed by atoms with van der Waals surface area (Å²) < 4.78 is 28.1. The Morgan fingerprint density at radius 2 is 2.00 bits per heavy atom. The number of aryl methyl sites for hydroxylation is 2. The van der Waals surface area contributed by atoms with Gasteiger partial charge in [0, 0.05) is 70.8 Å². The predicted molar refractivity (Wildman–Crippen MR) is 202 cm³/mol. The number of halogens is 3. The van der Waals surface area contributed by atoms with Gasteiger partial charge in [-0.3, -0.25) is 4.79 Å². The molecule has 6 aromatic rings. The number of nitrogens with one attached hydrogen (secondary N) is 1. The van der Waals surface area contributed by atoms with Gasteiger partial charge in [-0.2, -0.15) is 10.4 Å². The van der Waals surface area contributed by atoms with Crippen molar-refractivity contribution in [1.29, 1.82) is 5.26 Å². The highest BCUT2D eigenvalue weighted by Crippen LogP contribution is 2.51. The highest BCUT2D eigenvalue weighted by atomic mass is 35.5. The number of fused-ring (bicyclic) bond motifs is 5. The SMILES string of the molecule is Cc1nc2c(F)c(-c3cccc(Cl)c3Cl)c(CCC#N)cc2c2c1cc([C@H]1C[C@H](Oc3cnn4ccccc34)CN1C(=O)C1CC1)n2[C@H]1[C@H]2CN[C@@H]1C2. The van der Waals surface area contributed by atoms with Gasteiger partial charge in [-0.1, -0.05) is 41.4 Å². The van der Waals surface area contributed by atoms with Crippen LogP contribution < -0.4 is 10.1 Å². The van der Waals surface area contributed by atoms with Crippen molar-refractivity contribution >= 4 is 56.4 Å². The Hall–Kier alpha value is -4.69. The first-order chi connectivity index (χ1) is 25.8. The lowest BCUT2D eigenvalue weighted by Gasteiger charge is -2.39. The fraction of sp³-hybridized carbons (Fsp3) is 0.366. The molecule has 0 spiro atoms. The minimum Gasteiger partial charge on any atom is -0.485 e. The maximum Gasteiger partial charge on any atom is 0.226 e. The molecule has 3 saturated heterocycles. The molecule has 3 aliphatic heterocycles. The number of hydrogen-bond acceptors (Lipinski definition) is 6. The number of rotatable bonds is 8. The molecule has 12 heteroatoms. The molecule has 5 atom stereocenters. The van der Waals surface area contributed by atoms with Gasteiger partial charge in [0.1, 0.15) is 17.1 Å². The summed E-state index contributed by atoms with van der Waals surface area (Å²) in [5, 5.41) is 20.0. The quantitative estimate of drug-likeness (QED) is 0.168. The van der Waals surface area contributed by atoms with Gasteiger partial charge in [0.2, 0.25) is 5.91 Å². The predicted octanol–water partition coefficient (Wildman–Crippen LogP) is 8.38. The van der Waals surface area contributed by atoms with Crippen molar-refractivity contribution in [3.63, 3.8) is 0 Å². The number of nitriles is 1. The summed E-state index contributed by atoms with van der Waals surface area (Å²) in [6, 6.07) is 17.7. The van der Waals surface area contributed by atoms with E-state index in [1.807, 2.05) is 42.3 Å². The van der Waals surface area contributed by atoms with Crippen LogP contribution in [0.15, 0.2) is 60.9 Å². The first-order valence-corrected chi connectivity index (χ1v) is 19.2. The van der Waals surface area contributed by atoms with E-state index in [0.29, 0.717) is 63.8 Å². The lowest BCUT2D eigenvalue weighted by atomic mass is 9.79. The molecule has 0 unspecified atom stereocenters. The van der Waals surface area contributed by atoms with Gasteiger partial charge in [-0.05, 0) is 74.4 Å². The molecule has 4 aromatic heterocycles. The van der Waals surface area contributed by atoms with E-state index >= 15 is 4.39 Å². The van der Waals surface area contributed by atoms with Gasteiger partial charge in [-0.15, -0.1) is 0 Å². The van der Waals surface area contributed by atoms with Gasteiger partial charge < -0.3 is 19.5 Å². The third kappa shape index (κ3) is 5.15. The van der Waals surface area contributed by atoms with E-state index < -0.39 is 5.82 Å². The van der Waals surface area contributed by atoms with E-state index in [2.05, 4.69) is 27.1 Å². The van der Waals surface area contributed by atoms with Crippen LogP contribution in [0.2, 0.25) is 10.0 Å². The molecule has 2 saturated carbocycles. The molecule has 1 N–H and O–H groups in total. The summed E-state index contributed by atoms with van der Waals surface area (Å²) in [7, 11) is 0. The Kier molecular flexibility index (Phi) is 7.73. The number of amides is 1. The first kappa shape index (κ1) is 32.9. The van der Waals surface area contributed by atoms with Gasteiger partial charge in [0.25, 0.3) is 0 Å². The number of carbonyl (C=O) groups excluding carboxylic acids is 1. The Labute approximate surface area is 315 Å². The van der Waals surface area contributed by atoms with Crippen LogP contribution in [0.25, 0.3) is 38.4 Å². The van der Waals surface area contributed by atoms with Crippen LogP contribution in [-0.4, -0.2) is 55.2 Å². The average molecular weight is 749 g/mol. The van der Waals surface area contributed by atoms with Gasteiger partial charge >= 0.3 is 0 Å².